The van der Waals surface area contributed by atoms with Gasteiger partial charge in [-0.2, -0.15) is 0 Å². The minimum absolute atomic E-state index is 0.0862. The summed E-state index contributed by atoms with van der Waals surface area (Å²) in [5.74, 6) is -0.580. The van der Waals surface area contributed by atoms with Gasteiger partial charge in [-0.05, 0) is 29.1 Å². The first-order chi connectivity index (χ1) is 14.1. The molecule has 6 heteroatoms. The lowest BCUT2D eigenvalue weighted by atomic mass is 10.0. The standard InChI is InChI=1S/C23H16N2O4/c26-23(18-10-12-19(13-11-18)25(27)28)29-22(17-7-2-1-3-8-17)21-20-9-5-4-6-16(20)14-15-24-21/h1-15,22H. The molecular formula is C23H16N2O4. The van der Waals surface area contributed by atoms with Gasteiger partial charge in [0.1, 0.15) is 0 Å². The fourth-order valence-corrected chi connectivity index (χ4v) is 3.16. The predicted molar refractivity (Wildman–Crippen MR) is 109 cm³/mol. The second kappa shape index (κ2) is 7.90. The van der Waals surface area contributed by atoms with Crippen LogP contribution in [-0.4, -0.2) is 15.9 Å². The van der Waals surface area contributed by atoms with Crippen molar-refractivity contribution in [2.24, 2.45) is 0 Å². The lowest BCUT2D eigenvalue weighted by Gasteiger charge is -2.19. The Labute approximate surface area is 166 Å². The van der Waals surface area contributed by atoms with E-state index in [4.69, 9.17) is 4.74 Å². The number of pyridine rings is 1. The Morgan fingerprint density at radius 2 is 1.59 bits per heavy atom. The average Bonchev–Trinajstić information content (AvgIpc) is 2.77. The number of benzene rings is 3. The van der Waals surface area contributed by atoms with E-state index >= 15 is 0 Å². The summed E-state index contributed by atoms with van der Waals surface area (Å²) in [7, 11) is 0. The molecule has 0 aliphatic carbocycles. The lowest BCUT2D eigenvalue weighted by molar-refractivity contribution is -0.384. The average molecular weight is 384 g/mol. The summed E-state index contributed by atoms with van der Waals surface area (Å²) in [6, 6.07) is 24.4. The van der Waals surface area contributed by atoms with Crippen molar-refractivity contribution in [3.05, 3.63) is 118 Å². The first-order valence-electron chi connectivity index (χ1n) is 8.97. The third kappa shape index (κ3) is 3.82. The largest absolute Gasteiger partial charge is 0.447 e. The van der Waals surface area contributed by atoms with Crippen LogP contribution in [0.2, 0.25) is 0 Å². The van der Waals surface area contributed by atoms with Crippen LogP contribution in [0.25, 0.3) is 10.8 Å². The molecule has 1 unspecified atom stereocenters. The summed E-state index contributed by atoms with van der Waals surface area (Å²) in [6.07, 6.45) is 0.970. The van der Waals surface area contributed by atoms with Gasteiger partial charge in [-0.1, -0.05) is 54.6 Å². The molecule has 1 aromatic heterocycles. The zero-order chi connectivity index (χ0) is 20.2. The number of hydrogen-bond donors (Lipinski definition) is 0. The third-order valence-corrected chi connectivity index (χ3v) is 4.59. The van der Waals surface area contributed by atoms with E-state index in [1.807, 2.05) is 60.7 Å². The Morgan fingerprint density at radius 1 is 0.897 bits per heavy atom. The SMILES string of the molecule is O=C(OC(c1ccccc1)c1nccc2ccccc12)c1ccc([N+](=O)[O-])cc1. The van der Waals surface area contributed by atoms with Gasteiger partial charge in [-0.3, -0.25) is 15.1 Å². The number of fused-ring (bicyclic) bond motifs is 1. The van der Waals surface area contributed by atoms with E-state index < -0.39 is 17.0 Å². The number of non-ortho nitro benzene ring substituents is 1. The highest BCUT2D eigenvalue weighted by Crippen LogP contribution is 2.31. The number of aromatic nitrogens is 1. The summed E-state index contributed by atoms with van der Waals surface area (Å²) in [5, 5.41) is 12.7. The molecule has 0 fully saturated rings. The number of nitrogens with zero attached hydrogens (tertiary/aromatic N) is 2. The second-order valence-electron chi connectivity index (χ2n) is 6.42. The van der Waals surface area contributed by atoms with Crippen LogP contribution in [-0.2, 0) is 4.74 Å². The smallest absolute Gasteiger partial charge is 0.339 e. The molecule has 0 aliphatic heterocycles. The molecule has 1 atom stereocenters. The molecule has 0 bridgehead atoms. The second-order valence-corrected chi connectivity index (χ2v) is 6.42. The molecule has 6 nitrogen and oxygen atoms in total. The predicted octanol–water partition coefficient (Wildman–Crippen LogP) is 5.09. The number of esters is 1. The molecule has 4 rings (SSSR count). The number of carbonyl (C=O) groups is 1. The Bertz CT molecular complexity index is 1170. The third-order valence-electron chi connectivity index (χ3n) is 4.59. The van der Waals surface area contributed by atoms with E-state index in [0.717, 1.165) is 16.3 Å². The van der Waals surface area contributed by atoms with E-state index in [1.54, 1.807) is 6.20 Å². The van der Waals surface area contributed by atoms with Crippen LogP contribution < -0.4 is 0 Å². The molecule has 0 amide bonds. The molecule has 0 spiro atoms. The van der Waals surface area contributed by atoms with Crippen LogP contribution in [0.3, 0.4) is 0 Å². The van der Waals surface area contributed by atoms with Gasteiger partial charge in [0.2, 0.25) is 0 Å². The van der Waals surface area contributed by atoms with E-state index in [1.165, 1.54) is 24.3 Å². The van der Waals surface area contributed by atoms with Gasteiger partial charge in [0.25, 0.3) is 5.69 Å². The van der Waals surface area contributed by atoms with Crippen molar-refractivity contribution in [2.45, 2.75) is 6.10 Å². The molecule has 3 aromatic carbocycles. The zero-order valence-corrected chi connectivity index (χ0v) is 15.3. The van der Waals surface area contributed by atoms with Crippen LogP contribution in [0.4, 0.5) is 5.69 Å². The highest BCUT2D eigenvalue weighted by atomic mass is 16.6. The number of nitro groups is 1. The molecule has 1 heterocycles. The highest BCUT2D eigenvalue weighted by Gasteiger charge is 2.23. The Kier molecular flexibility index (Phi) is 4.99. The first-order valence-corrected chi connectivity index (χ1v) is 8.97. The monoisotopic (exact) mass is 384 g/mol. The van der Waals surface area contributed by atoms with Gasteiger partial charge < -0.3 is 4.74 Å². The maximum Gasteiger partial charge on any atom is 0.339 e. The van der Waals surface area contributed by atoms with E-state index in [-0.39, 0.29) is 11.3 Å². The quantitative estimate of drug-likeness (QED) is 0.272. The van der Waals surface area contributed by atoms with Crippen molar-refractivity contribution in [2.75, 3.05) is 0 Å². The Balaban J connectivity index is 1.74. The van der Waals surface area contributed by atoms with Gasteiger partial charge in [0.05, 0.1) is 16.2 Å². The molecule has 0 saturated heterocycles. The maximum absolute atomic E-state index is 12.8. The van der Waals surface area contributed by atoms with Crippen LogP contribution in [0.15, 0.2) is 91.1 Å². The minimum atomic E-state index is -0.718. The molecular weight excluding hydrogens is 368 g/mol. The van der Waals surface area contributed by atoms with Gasteiger partial charge in [-0.15, -0.1) is 0 Å². The number of ether oxygens (including phenoxy) is 1. The van der Waals surface area contributed by atoms with E-state index in [9.17, 15) is 14.9 Å². The molecule has 0 radical (unpaired) electrons. The van der Waals surface area contributed by atoms with Crippen molar-refractivity contribution >= 4 is 22.4 Å². The highest BCUT2D eigenvalue weighted by molar-refractivity contribution is 5.90. The van der Waals surface area contributed by atoms with Gasteiger partial charge in [0, 0.05) is 23.7 Å². The zero-order valence-electron chi connectivity index (χ0n) is 15.3. The first kappa shape index (κ1) is 18.3. The van der Waals surface area contributed by atoms with E-state index in [0.29, 0.717) is 5.69 Å². The summed E-state index contributed by atoms with van der Waals surface area (Å²) < 4.78 is 5.85. The summed E-state index contributed by atoms with van der Waals surface area (Å²) in [6.45, 7) is 0. The Hall–Kier alpha value is -4.06. The number of rotatable bonds is 5. The molecule has 0 N–H and O–H groups in total. The van der Waals surface area contributed by atoms with Crippen LogP contribution >= 0.6 is 0 Å². The number of nitro benzene ring substituents is 1. The molecule has 0 saturated carbocycles. The topological polar surface area (TPSA) is 82.3 Å². The molecule has 142 valence electrons. The van der Waals surface area contributed by atoms with Crippen LogP contribution in [0.5, 0.6) is 0 Å². The van der Waals surface area contributed by atoms with Gasteiger partial charge in [-0.25, -0.2) is 4.79 Å². The van der Waals surface area contributed by atoms with Crippen molar-refractivity contribution in [3.8, 4) is 0 Å². The minimum Gasteiger partial charge on any atom is -0.447 e. The van der Waals surface area contributed by atoms with Crippen LogP contribution in [0, 0.1) is 10.1 Å². The van der Waals surface area contributed by atoms with Crippen molar-refractivity contribution in [3.63, 3.8) is 0 Å². The Morgan fingerprint density at radius 3 is 2.31 bits per heavy atom. The van der Waals surface area contributed by atoms with Crippen molar-refractivity contribution in [1.82, 2.24) is 4.98 Å². The maximum atomic E-state index is 12.8. The van der Waals surface area contributed by atoms with Gasteiger partial charge in [0.15, 0.2) is 6.10 Å². The number of hydrogen-bond acceptors (Lipinski definition) is 5. The fraction of sp³-hybridized carbons (Fsp3) is 0.0435. The molecule has 0 aliphatic rings. The van der Waals surface area contributed by atoms with Gasteiger partial charge >= 0.3 is 5.97 Å². The summed E-state index contributed by atoms with van der Waals surface area (Å²) >= 11 is 0. The van der Waals surface area contributed by atoms with E-state index in [2.05, 4.69) is 4.98 Å². The molecule has 29 heavy (non-hydrogen) atoms. The summed E-state index contributed by atoms with van der Waals surface area (Å²) in [4.78, 5) is 27.6. The van der Waals surface area contributed by atoms with Crippen molar-refractivity contribution < 1.29 is 14.5 Å². The summed E-state index contributed by atoms with van der Waals surface area (Å²) in [5.41, 5.74) is 1.56. The molecule has 4 aromatic rings. The van der Waals surface area contributed by atoms with Crippen LogP contribution in [0.1, 0.15) is 27.7 Å². The normalized spacial score (nSPS) is 11.7. The van der Waals surface area contributed by atoms with Crippen molar-refractivity contribution in [1.29, 1.82) is 0 Å². The lowest BCUT2D eigenvalue weighted by Crippen LogP contribution is -2.14. The number of carbonyl (C=O) groups excluding carboxylic acids is 1. The fourth-order valence-electron chi connectivity index (χ4n) is 3.16.